The van der Waals surface area contributed by atoms with Crippen LogP contribution in [0, 0.1) is 0 Å². The van der Waals surface area contributed by atoms with Crippen molar-refractivity contribution in [2.24, 2.45) is 11.7 Å². The van der Waals surface area contributed by atoms with Crippen molar-refractivity contribution in [3.8, 4) is 0 Å². The SMILES string of the molecule is NN.O=C1CCCCCN1. The van der Waals surface area contributed by atoms with Crippen LogP contribution in [0.3, 0.4) is 0 Å². The second kappa shape index (κ2) is 6.51. The molecule has 1 rings (SSSR count). The van der Waals surface area contributed by atoms with Gasteiger partial charge in [-0.15, -0.1) is 0 Å². The minimum absolute atomic E-state index is 0.225. The zero-order valence-corrected chi connectivity index (χ0v) is 6.10. The van der Waals surface area contributed by atoms with Gasteiger partial charge in [-0.3, -0.25) is 16.5 Å². The monoisotopic (exact) mass is 145 g/mol. The summed E-state index contributed by atoms with van der Waals surface area (Å²) < 4.78 is 0. The lowest BCUT2D eigenvalue weighted by Gasteiger charge is -1.93. The molecule has 0 saturated carbocycles. The van der Waals surface area contributed by atoms with E-state index in [0.29, 0.717) is 0 Å². The first-order valence-corrected chi connectivity index (χ1v) is 3.49. The molecule has 10 heavy (non-hydrogen) atoms. The van der Waals surface area contributed by atoms with Gasteiger partial charge in [-0.1, -0.05) is 6.42 Å². The highest BCUT2D eigenvalue weighted by molar-refractivity contribution is 5.75. The maximum Gasteiger partial charge on any atom is 0.219 e. The Kier molecular flexibility index (Phi) is 6.11. The lowest BCUT2D eigenvalue weighted by Crippen LogP contribution is -2.21. The van der Waals surface area contributed by atoms with E-state index in [1.165, 1.54) is 6.42 Å². The fourth-order valence-electron chi connectivity index (χ4n) is 0.904. The Labute approximate surface area is 60.9 Å². The number of nitrogens with one attached hydrogen (secondary N) is 1. The molecule has 0 spiro atoms. The van der Waals surface area contributed by atoms with Gasteiger partial charge in [0.2, 0.25) is 5.91 Å². The van der Waals surface area contributed by atoms with Crippen LogP contribution >= 0.6 is 0 Å². The van der Waals surface area contributed by atoms with E-state index in [9.17, 15) is 4.79 Å². The highest BCUT2D eigenvalue weighted by atomic mass is 16.1. The van der Waals surface area contributed by atoms with Gasteiger partial charge < -0.3 is 5.32 Å². The van der Waals surface area contributed by atoms with Gasteiger partial charge in [-0.2, -0.15) is 0 Å². The molecule has 4 heteroatoms. The number of amides is 1. The third-order valence-corrected chi connectivity index (χ3v) is 1.40. The van der Waals surface area contributed by atoms with Gasteiger partial charge in [0.1, 0.15) is 0 Å². The Morgan fingerprint density at radius 3 is 2.60 bits per heavy atom. The number of hydrogen-bond donors (Lipinski definition) is 3. The molecule has 1 aliphatic rings. The number of hydrogen-bond acceptors (Lipinski definition) is 3. The van der Waals surface area contributed by atoms with Crippen molar-refractivity contribution < 1.29 is 4.79 Å². The second-order valence-corrected chi connectivity index (χ2v) is 2.16. The van der Waals surface area contributed by atoms with Gasteiger partial charge in [-0.05, 0) is 12.8 Å². The zero-order chi connectivity index (χ0) is 7.82. The minimum atomic E-state index is 0.225. The van der Waals surface area contributed by atoms with Gasteiger partial charge >= 0.3 is 0 Å². The third-order valence-electron chi connectivity index (χ3n) is 1.40. The summed E-state index contributed by atoms with van der Waals surface area (Å²) in [5, 5.41) is 2.81. The molecule has 0 bridgehead atoms. The molecular formula is C6H15N3O. The van der Waals surface area contributed by atoms with E-state index >= 15 is 0 Å². The summed E-state index contributed by atoms with van der Waals surface area (Å²) in [6.07, 6.45) is 4.18. The molecule has 0 radical (unpaired) electrons. The predicted molar refractivity (Wildman–Crippen MR) is 39.9 cm³/mol. The Bertz CT molecular complexity index is 85.0. The van der Waals surface area contributed by atoms with Crippen molar-refractivity contribution in [2.45, 2.75) is 25.7 Å². The second-order valence-electron chi connectivity index (χ2n) is 2.16. The van der Waals surface area contributed by atoms with E-state index in [-0.39, 0.29) is 5.91 Å². The van der Waals surface area contributed by atoms with Gasteiger partial charge in [0, 0.05) is 13.0 Å². The fourth-order valence-corrected chi connectivity index (χ4v) is 0.904. The van der Waals surface area contributed by atoms with Crippen LogP contribution in [-0.2, 0) is 4.79 Å². The molecule has 4 nitrogen and oxygen atoms in total. The summed E-state index contributed by atoms with van der Waals surface area (Å²) in [5.74, 6) is 8.22. The van der Waals surface area contributed by atoms with E-state index in [1.54, 1.807) is 0 Å². The lowest BCUT2D eigenvalue weighted by molar-refractivity contribution is -0.120. The molecule has 5 N–H and O–H groups in total. The Balaban J connectivity index is 0.000000371. The number of hydrazine groups is 1. The van der Waals surface area contributed by atoms with Crippen molar-refractivity contribution >= 4 is 5.91 Å². The first-order chi connectivity index (χ1) is 4.89. The Morgan fingerprint density at radius 2 is 1.90 bits per heavy atom. The molecule has 0 aromatic carbocycles. The first kappa shape index (κ1) is 9.39. The standard InChI is InChI=1S/C6H11NO.H4N2/c8-6-4-2-1-3-5-7-6;1-2/h1-5H2,(H,7,8);1-2H2. The van der Waals surface area contributed by atoms with Crippen LogP contribution in [0.4, 0.5) is 0 Å². The van der Waals surface area contributed by atoms with Crippen LogP contribution in [0.5, 0.6) is 0 Å². The van der Waals surface area contributed by atoms with Gasteiger partial charge in [0.15, 0.2) is 0 Å². The number of carbonyl (C=O) groups is 1. The van der Waals surface area contributed by atoms with E-state index in [0.717, 1.165) is 25.8 Å². The molecule has 0 unspecified atom stereocenters. The molecule has 1 fully saturated rings. The molecule has 0 aromatic rings. The molecule has 0 aliphatic carbocycles. The summed E-state index contributed by atoms with van der Waals surface area (Å²) >= 11 is 0. The minimum Gasteiger partial charge on any atom is -0.356 e. The number of carbonyl (C=O) groups excluding carboxylic acids is 1. The number of rotatable bonds is 0. The molecule has 0 aromatic heterocycles. The van der Waals surface area contributed by atoms with Crippen molar-refractivity contribution in [3.63, 3.8) is 0 Å². The molecular weight excluding hydrogens is 130 g/mol. The van der Waals surface area contributed by atoms with Gasteiger partial charge in [0.05, 0.1) is 0 Å². The number of nitrogens with two attached hydrogens (primary N) is 2. The van der Waals surface area contributed by atoms with Crippen molar-refractivity contribution in [3.05, 3.63) is 0 Å². The topological polar surface area (TPSA) is 81.1 Å². The average molecular weight is 145 g/mol. The van der Waals surface area contributed by atoms with Crippen LogP contribution in [-0.4, -0.2) is 12.5 Å². The Hall–Kier alpha value is -0.610. The van der Waals surface area contributed by atoms with Gasteiger partial charge in [0.25, 0.3) is 0 Å². The normalized spacial score (nSPS) is 18.0. The predicted octanol–water partition coefficient (Wildman–Crippen LogP) is -0.505. The fraction of sp³-hybridized carbons (Fsp3) is 0.833. The highest BCUT2D eigenvalue weighted by Crippen LogP contribution is 2.02. The van der Waals surface area contributed by atoms with Crippen molar-refractivity contribution in [1.82, 2.24) is 5.32 Å². The van der Waals surface area contributed by atoms with Crippen molar-refractivity contribution in [2.75, 3.05) is 6.54 Å². The van der Waals surface area contributed by atoms with Crippen LogP contribution in [0.25, 0.3) is 0 Å². The maximum absolute atomic E-state index is 10.6. The van der Waals surface area contributed by atoms with E-state index in [2.05, 4.69) is 17.0 Å². The van der Waals surface area contributed by atoms with Crippen molar-refractivity contribution in [1.29, 1.82) is 0 Å². The maximum atomic E-state index is 10.6. The summed E-state index contributed by atoms with van der Waals surface area (Å²) in [4.78, 5) is 10.6. The summed E-state index contributed by atoms with van der Waals surface area (Å²) in [6.45, 7) is 0.888. The summed E-state index contributed by atoms with van der Waals surface area (Å²) in [6, 6.07) is 0. The van der Waals surface area contributed by atoms with Crippen LogP contribution in [0.1, 0.15) is 25.7 Å². The lowest BCUT2D eigenvalue weighted by atomic mass is 10.2. The zero-order valence-electron chi connectivity index (χ0n) is 6.10. The summed E-state index contributed by atoms with van der Waals surface area (Å²) in [5.41, 5.74) is 0. The molecule has 1 amide bonds. The highest BCUT2D eigenvalue weighted by Gasteiger charge is 2.03. The molecule has 1 aliphatic heterocycles. The summed E-state index contributed by atoms with van der Waals surface area (Å²) in [7, 11) is 0. The average Bonchev–Trinajstić information content (AvgIpc) is 2.21. The quantitative estimate of drug-likeness (QED) is 0.317. The largest absolute Gasteiger partial charge is 0.356 e. The van der Waals surface area contributed by atoms with Crippen LogP contribution in [0.15, 0.2) is 0 Å². The molecule has 1 heterocycles. The third kappa shape index (κ3) is 4.29. The molecule has 1 saturated heterocycles. The molecule has 0 atom stereocenters. The van der Waals surface area contributed by atoms with E-state index < -0.39 is 0 Å². The van der Waals surface area contributed by atoms with E-state index in [1.807, 2.05) is 0 Å². The smallest absolute Gasteiger partial charge is 0.219 e. The van der Waals surface area contributed by atoms with Gasteiger partial charge in [-0.25, -0.2) is 0 Å². The first-order valence-electron chi connectivity index (χ1n) is 3.49. The molecule has 60 valence electrons. The van der Waals surface area contributed by atoms with E-state index in [4.69, 9.17) is 0 Å². The Morgan fingerprint density at radius 1 is 1.20 bits per heavy atom. The van der Waals surface area contributed by atoms with Crippen LogP contribution in [0.2, 0.25) is 0 Å². The van der Waals surface area contributed by atoms with Crippen LogP contribution < -0.4 is 17.0 Å².